The molecule has 2 unspecified atom stereocenters. The first kappa shape index (κ1) is 17.5. The number of amides is 1. The maximum Gasteiger partial charge on any atom is 0.224 e. The summed E-state index contributed by atoms with van der Waals surface area (Å²) >= 11 is 0. The zero-order valence-electron chi connectivity index (χ0n) is 14.5. The maximum atomic E-state index is 12.5. The molecule has 1 N–H and O–H groups in total. The molecule has 4 nitrogen and oxygen atoms in total. The van der Waals surface area contributed by atoms with Crippen LogP contribution >= 0.6 is 0 Å². The van der Waals surface area contributed by atoms with Crippen LogP contribution in [0.2, 0.25) is 0 Å². The third-order valence-electron chi connectivity index (χ3n) is 4.98. The highest BCUT2D eigenvalue weighted by Crippen LogP contribution is 2.41. The maximum absolute atomic E-state index is 12.5. The summed E-state index contributed by atoms with van der Waals surface area (Å²) in [7, 11) is -3.02. The van der Waals surface area contributed by atoms with Crippen molar-refractivity contribution in [3.8, 4) is 0 Å². The molecule has 1 aromatic carbocycles. The summed E-state index contributed by atoms with van der Waals surface area (Å²) in [4.78, 5) is 12.5. The molecule has 1 aromatic rings. The molecule has 1 saturated carbocycles. The Balaban J connectivity index is 1.68. The first-order valence-electron chi connectivity index (χ1n) is 8.94. The Bertz CT molecular complexity index is 690. The minimum atomic E-state index is -3.02. The van der Waals surface area contributed by atoms with E-state index in [9.17, 15) is 13.2 Å². The number of hydrogen-bond acceptors (Lipinski definition) is 3. The first-order valence-corrected chi connectivity index (χ1v) is 10.8. The van der Waals surface area contributed by atoms with Gasteiger partial charge in [0.1, 0.15) is 0 Å². The van der Waals surface area contributed by atoms with E-state index in [2.05, 4.69) is 43.4 Å². The fraction of sp³-hybridized carbons (Fsp3) is 0.632. The van der Waals surface area contributed by atoms with Crippen LogP contribution in [-0.2, 0) is 21.1 Å². The molecule has 1 saturated heterocycles. The van der Waals surface area contributed by atoms with Gasteiger partial charge in [-0.15, -0.1) is 0 Å². The van der Waals surface area contributed by atoms with E-state index in [1.54, 1.807) is 0 Å². The van der Waals surface area contributed by atoms with Crippen LogP contribution in [0, 0.1) is 17.8 Å². The number of rotatable bonds is 6. The normalized spacial score (nSPS) is 24.0. The lowest BCUT2D eigenvalue weighted by molar-refractivity contribution is -0.125. The third-order valence-corrected chi connectivity index (χ3v) is 6.75. The molecule has 1 amide bonds. The van der Waals surface area contributed by atoms with E-state index in [-0.39, 0.29) is 29.4 Å². The zero-order chi connectivity index (χ0) is 17.3. The molecule has 1 aliphatic carbocycles. The molecule has 1 heterocycles. The number of nitrogens with one attached hydrogen (secondary N) is 1. The first-order chi connectivity index (χ1) is 11.3. The SMILES string of the molecule is CC(C)Cc1ccc(C(NC(=O)C2CCS(=O)(=O)C2)C2CC2)cc1. The van der Waals surface area contributed by atoms with Crippen molar-refractivity contribution < 1.29 is 13.2 Å². The minimum Gasteiger partial charge on any atom is -0.349 e. The van der Waals surface area contributed by atoms with Crippen LogP contribution in [0.25, 0.3) is 0 Å². The summed E-state index contributed by atoms with van der Waals surface area (Å²) in [5.41, 5.74) is 2.45. The molecule has 2 aliphatic rings. The predicted molar refractivity (Wildman–Crippen MR) is 95.4 cm³/mol. The Morgan fingerprint density at radius 1 is 1.17 bits per heavy atom. The van der Waals surface area contributed by atoms with Gasteiger partial charge in [0.2, 0.25) is 5.91 Å². The molecule has 1 aliphatic heterocycles. The van der Waals surface area contributed by atoms with E-state index in [4.69, 9.17) is 0 Å². The van der Waals surface area contributed by atoms with Gasteiger partial charge in [0.15, 0.2) is 9.84 Å². The van der Waals surface area contributed by atoms with Gasteiger partial charge in [-0.1, -0.05) is 38.1 Å². The van der Waals surface area contributed by atoms with E-state index in [0.29, 0.717) is 18.3 Å². The summed E-state index contributed by atoms with van der Waals surface area (Å²) in [5.74, 6) is 0.782. The van der Waals surface area contributed by atoms with Gasteiger partial charge in [0.05, 0.1) is 23.5 Å². The van der Waals surface area contributed by atoms with Crippen LogP contribution in [0.5, 0.6) is 0 Å². The predicted octanol–water partition coefficient (Wildman–Crippen LogP) is 2.89. The van der Waals surface area contributed by atoms with Crippen LogP contribution in [0.15, 0.2) is 24.3 Å². The summed E-state index contributed by atoms with van der Waals surface area (Å²) in [5, 5.41) is 3.13. The molecule has 0 aromatic heterocycles. The molecule has 0 radical (unpaired) electrons. The van der Waals surface area contributed by atoms with Crippen LogP contribution < -0.4 is 5.32 Å². The number of hydrogen-bond donors (Lipinski definition) is 1. The Hall–Kier alpha value is -1.36. The summed E-state index contributed by atoms with van der Waals surface area (Å²) < 4.78 is 23.2. The molecule has 2 atom stereocenters. The van der Waals surface area contributed by atoms with Crippen molar-refractivity contribution in [3.05, 3.63) is 35.4 Å². The van der Waals surface area contributed by atoms with Gasteiger partial charge >= 0.3 is 0 Å². The zero-order valence-corrected chi connectivity index (χ0v) is 15.3. The van der Waals surface area contributed by atoms with Crippen molar-refractivity contribution in [1.29, 1.82) is 0 Å². The number of benzene rings is 1. The highest BCUT2D eigenvalue weighted by Gasteiger charge is 2.37. The Morgan fingerprint density at radius 2 is 1.83 bits per heavy atom. The standard InChI is InChI=1S/C19H27NO3S/c1-13(2)11-14-3-5-15(6-4-14)18(16-7-8-16)20-19(21)17-9-10-24(22,23)12-17/h3-6,13,16-18H,7-12H2,1-2H3,(H,20,21). The summed E-state index contributed by atoms with van der Waals surface area (Å²) in [6.45, 7) is 4.41. The average molecular weight is 349 g/mol. The quantitative estimate of drug-likeness (QED) is 0.859. The topological polar surface area (TPSA) is 63.2 Å². The van der Waals surface area contributed by atoms with E-state index >= 15 is 0 Å². The third kappa shape index (κ3) is 4.38. The molecular formula is C19H27NO3S. The van der Waals surface area contributed by atoms with Gasteiger partial charge in [-0.2, -0.15) is 0 Å². The van der Waals surface area contributed by atoms with Crippen LogP contribution in [0.3, 0.4) is 0 Å². The van der Waals surface area contributed by atoms with Gasteiger partial charge in [0, 0.05) is 0 Å². The molecule has 132 valence electrons. The van der Waals surface area contributed by atoms with E-state index in [1.165, 1.54) is 5.56 Å². The van der Waals surface area contributed by atoms with Crippen LogP contribution in [-0.4, -0.2) is 25.8 Å². The monoisotopic (exact) mass is 349 g/mol. The van der Waals surface area contributed by atoms with E-state index < -0.39 is 9.84 Å². The fourth-order valence-electron chi connectivity index (χ4n) is 3.51. The van der Waals surface area contributed by atoms with Gasteiger partial charge in [-0.05, 0) is 48.6 Å². The number of carbonyl (C=O) groups excluding carboxylic acids is 1. The number of carbonyl (C=O) groups is 1. The second-order valence-electron chi connectivity index (χ2n) is 7.76. The Kier molecular flexibility index (Phi) is 5.00. The van der Waals surface area contributed by atoms with Crippen LogP contribution in [0.1, 0.15) is 50.3 Å². The Labute approximate surface area is 145 Å². The molecular weight excluding hydrogens is 322 g/mol. The smallest absolute Gasteiger partial charge is 0.224 e. The summed E-state index contributed by atoms with van der Waals surface area (Å²) in [6, 6.07) is 8.56. The van der Waals surface area contributed by atoms with Crippen molar-refractivity contribution in [2.75, 3.05) is 11.5 Å². The lowest BCUT2D eigenvalue weighted by atomic mass is 9.97. The molecule has 5 heteroatoms. The average Bonchev–Trinajstić information content (AvgIpc) is 3.28. The number of sulfone groups is 1. The Morgan fingerprint density at radius 3 is 2.33 bits per heavy atom. The van der Waals surface area contributed by atoms with Crippen molar-refractivity contribution in [1.82, 2.24) is 5.32 Å². The fourth-order valence-corrected chi connectivity index (χ4v) is 5.25. The lowest BCUT2D eigenvalue weighted by Gasteiger charge is -2.21. The van der Waals surface area contributed by atoms with Gasteiger partial charge < -0.3 is 5.32 Å². The van der Waals surface area contributed by atoms with E-state index in [0.717, 1.165) is 24.8 Å². The largest absolute Gasteiger partial charge is 0.349 e. The van der Waals surface area contributed by atoms with E-state index in [1.807, 2.05) is 0 Å². The second-order valence-corrected chi connectivity index (χ2v) is 9.99. The molecule has 0 bridgehead atoms. The summed E-state index contributed by atoms with van der Waals surface area (Å²) in [6.07, 6.45) is 3.77. The van der Waals surface area contributed by atoms with Gasteiger partial charge in [0.25, 0.3) is 0 Å². The highest BCUT2D eigenvalue weighted by molar-refractivity contribution is 7.91. The van der Waals surface area contributed by atoms with Gasteiger partial charge in [-0.25, -0.2) is 8.42 Å². The van der Waals surface area contributed by atoms with Crippen molar-refractivity contribution in [2.24, 2.45) is 17.8 Å². The molecule has 2 fully saturated rings. The van der Waals surface area contributed by atoms with Gasteiger partial charge in [-0.3, -0.25) is 4.79 Å². The van der Waals surface area contributed by atoms with Crippen molar-refractivity contribution in [2.45, 2.75) is 45.6 Å². The second kappa shape index (κ2) is 6.87. The molecule has 3 rings (SSSR count). The minimum absolute atomic E-state index is 0.00352. The van der Waals surface area contributed by atoms with Crippen molar-refractivity contribution in [3.63, 3.8) is 0 Å². The lowest BCUT2D eigenvalue weighted by Crippen LogP contribution is -2.35. The highest BCUT2D eigenvalue weighted by atomic mass is 32.2. The molecule has 0 spiro atoms. The molecule has 24 heavy (non-hydrogen) atoms. The van der Waals surface area contributed by atoms with Crippen LogP contribution in [0.4, 0.5) is 0 Å². The van der Waals surface area contributed by atoms with Crippen molar-refractivity contribution >= 4 is 15.7 Å².